The van der Waals surface area contributed by atoms with E-state index in [1.54, 1.807) is 5.57 Å². The maximum absolute atomic E-state index is 2.44. The Hall–Kier alpha value is -0.780. The van der Waals surface area contributed by atoms with Crippen molar-refractivity contribution < 1.29 is 0 Å². The van der Waals surface area contributed by atoms with Crippen LogP contribution in [0.15, 0.2) is 35.5 Å². The molecular weight excluding hydrogens is 264 g/mol. The normalized spacial score (nSPS) is 33.9. The monoisotopic (exact) mass is 300 g/mol. The largest absolute Gasteiger partial charge is 0.0914 e. The number of hydrogen-bond donors (Lipinski definition) is 0. The van der Waals surface area contributed by atoms with Gasteiger partial charge in [0.1, 0.15) is 0 Å². The molecule has 2 rings (SSSR count). The van der Waals surface area contributed by atoms with Gasteiger partial charge in [-0.25, -0.2) is 0 Å². The van der Waals surface area contributed by atoms with E-state index in [1.807, 2.05) is 0 Å². The zero-order chi connectivity index (χ0) is 15.9. The molecule has 0 radical (unpaired) electrons. The molecule has 0 amide bonds. The summed E-state index contributed by atoms with van der Waals surface area (Å²) in [4.78, 5) is 0. The van der Waals surface area contributed by atoms with Gasteiger partial charge in [-0.3, -0.25) is 0 Å². The third-order valence-electron chi connectivity index (χ3n) is 6.04. The van der Waals surface area contributed by atoms with E-state index in [9.17, 15) is 0 Å². The van der Waals surface area contributed by atoms with Crippen molar-refractivity contribution in [1.82, 2.24) is 0 Å². The molecule has 0 bridgehead atoms. The first-order valence-electron chi connectivity index (χ1n) is 9.54. The molecule has 2 aliphatic rings. The lowest BCUT2D eigenvalue weighted by molar-refractivity contribution is 0.164. The fourth-order valence-electron chi connectivity index (χ4n) is 4.56. The summed E-state index contributed by atoms with van der Waals surface area (Å²) in [6.07, 6.45) is 21.0. The Morgan fingerprint density at radius 1 is 0.727 bits per heavy atom. The summed E-state index contributed by atoms with van der Waals surface area (Å²) in [5, 5.41) is 0. The smallest absolute Gasteiger partial charge is 0.0203 e. The van der Waals surface area contributed by atoms with E-state index in [1.165, 1.54) is 56.9 Å². The average Bonchev–Trinajstić information content (AvgIpc) is 2.54. The van der Waals surface area contributed by atoms with Gasteiger partial charge in [0, 0.05) is 0 Å². The molecule has 0 aromatic carbocycles. The van der Waals surface area contributed by atoms with Crippen molar-refractivity contribution in [2.24, 2.45) is 23.7 Å². The summed E-state index contributed by atoms with van der Waals surface area (Å²) in [5.41, 5.74) is 3.02. The first-order valence-corrected chi connectivity index (χ1v) is 9.54. The standard InChI is InChI=1S/C22H36/c1-5-6-19-9-11-21(12-10-19)22-15-13-20(14-16-22)18(4)8-7-17(2)3/h5-8,19-22H,9-16H2,1-4H3. The van der Waals surface area contributed by atoms with Gasteiger partial charge in [-0.05, 0) is 103 Å². The summed E-state index contributed by atoms with van der Waals surface area (Å²) in [5.74, 6) is 3.79. The molecule has 22 heavy (non-hydrogen) atoms. The van der Waals surface area contributed by atoms with Gasteiger partial charge in [-0.15, -0.1) is 0 Å². The third kappa shape index (κ3) is 5.14. The van der Waals surface area contributed by atoms with Crippen LogP contribution in [0.1, 0.15) is 79.1 Å². The second kappa shape index (κ2) is 8.75. The van der Waals surface area contributed by atoms with Crippen LogP contribution in [-0.2, 0) is 0 Å². The van der Waals surface area contributed by atoms with E-state index < -0.39 is 0 Å². The molecule has 2 fully saturated rings. The molecule has 0 heteroatoms. The first-order chi connectivity index (χ1) is 10.6. The van der Waals surface area contributed by atoms with E-state index >= 15 is 0 Å². The van der Waals surface area contributed by atoms with Crippen LogP contribution < -0.4 is 0 Å². The second-order valence-corrected chi connectivity index (χ2v) is 7.97. The van der Waals surface area contributed by atoms with Gasteiger partial charge in [-0.2, -0.15) is 0 Å². The topological polar surface area (TPSA) is 0 Å². The molecule has 2 saturated carbocycles. The minimum atomic E-state index is 0.853. The SMILES string of the molecule is CC=CC1CCC(C2CCC(C(C)=CC=C(C)C)CC2)CC1. The second-order valence-electron chi connectivity index (χ2n) is 7.97. The van der Waals surface area contributed by atoms with Gasteiger partial charge in [-0.1, -0.05) is 35.5 Å². The zero-order valence-corrected chi connectivity index (χ0v) is 15.3. The summed E-state index contributed by atoms with van der Waals surface area (Å²) in [6, 6.07) is 0. The lowest BCUT2D eigenvalue weighted by atomic mass is 9.68. The summed E-state index contributed by atoms with van der Waals surface area (Å²) in [6.45, 7) is 8.88. The molecule has 0 saturated heterocycles. The van der Waals surface area contributed by atoms with Gasteiger partial charge < -0.3 is 0 Å². The Kier molecular flexibility index (Phi) is 6.99. The molecule has 0 heterocycles. The lowest BCUT2D eigenvalue weighted by Gasteiger charge is -2.37. The van der Waals surface area contributed by atoms with Crippen LogP contribution in [-0.4, -0.2) is 0 Å². The molecule has 124 valence electrons. The summed E-state index contributed by atoms with van der Waals surface area (Å²) >= 11 is 0. The Morgan fingerprint density at radius 3 is 1.77 bits per heavy atom. The van der Waals surface area contributed by atoms with E-state index in [2.05, 4.69) is 52.0 Å². The van der Waals surface area contributed by atoms with Crippen molar-refractivity contribution in [1.29, 1.82) is 0 Å². The quantitative estimate of drug-likeness (QED) is 0.384. The number of hydrogen-bond acceptors (Lipinski definition) is 0. The molecule has 0 atom stereocenters. The van der Waals surface area contributed by atoms with Crippen LogP contribution in [0.4, 0.5) is 0 Å². The third-order valence-corrected chi connectivity index (χ3v) is 6.04. The molecule has 0 aliphatic heterocycles. The summed E-state index contributed by atoms with van der Waals surface area (Å²) in [7, 11) is 0. The average molecular weight is 301 g/mol. The van der Waals surface area contributed by atoms with Crippen LogP contribution in [0.3, 0.4) is 0 Å². The molecule has 0 unspecified atom stereocenters. The van der Waals surface area contributed by atoms with Gasteiger partial charge in [0.15, 0.2) is 0 Å². The minimum Gasteiger partial charge on any atom is -0.0914 e. The maximum atomic E-state index is 2.44. The van der Waals surface area contributed by atoms with Crippen molar-refractivity contribution in [2.45, 2.75) is 79.1 Å². The molecule has 2 aliphatic carbocycles. The van der Waals surface area contributed by atoms with E-state index in [0.29, 0.717) is 0 Å². The fraction of sp³-hybridized carbons (Fsp3) is 0.727. The van der Waals surface area contributed by atoms with Gasteiger partial charge >= 0.3 is 0 Å². The molecule has 0 nitrogen and oxygen atoms in total. The van der Waals surface area contributed by atoms with Crippen molar-refractivity contribution >= 4 is 0 Å². The van der Waals surface area contributed by atoms with Crippen molar-refractivity contribution in [3.05, 3.63) is 35.5 Å². The number of allylic oxidation sites excluding steroid dienone is 6. The van der Waals surface area contributed by atoms with E-state index in [-0.39, 0.29) is 0 Å². The highest BCUT2D eigenvalue weighted by Gasteiger charge is 2.30. The maximum Gasteiger partial charge on any atom is -0.0203 e. The van der Waals surface area contributed by atoms with Crippen molar-refractivity contribution in [3.8, 4) is 0 Å². The highest BCUT2D eigenvalue weighted by atomic mass is 14.4. The van der Waals surface area contributed by atoms with Crippen molar-refractivity contribution in [2.75, 3.05) is 0 Å². The Balaban J connectivity index is 1.78. The molecule has 0 aromatic heterocycles. The van der Waals surface area contributed by atoms with Crippen LogP contribution >= 0.6 is 0 Å². The predicted molar refractivity (Wildman–Crippen MR) is 98.9 cm³/mol. The summed E-state index contributed by atoms with van der Waals surface area (Å²) < 4.78 is 0. The lowest BCUT2D eigenvalue weighted by Crippen LogP contribution is -2.25. The van der Waals surface area contributed by atoms with Crippen LogP contribution in [0, 0.1) is 23.7 Å². The molecule has 0 aromatic rings. The Morgan fingerprint density at radius 2 is 1.27 bits per heavy atom. The highest BCUT2D eigenvalue weighted by molar-refractivity contribution is 5.16. The minimum absolute atomic E-state index is 0.853. The van der Waals surface area contributed by atoms with Crippen LogP contribution in [0.2, 0.25) is 0 Å². The van der Waals surface area contributed by atoms with Crippen molar-refractivity contribution in [3.63, 3.8) is 0 Å². The molecular formula is C22H36. The molecule has 0 N–H and O–H groups in total. The van der Waals surface area contributed by atoms with Gasteiger partial charge in [0.25, 0.3) is 0 Å². The van der Waals surface area contributed by atoms with Crippen LogP contribution in [0.5, 0.6) is 0 Å². The van der Waals surface area contributed by atoms with Crippen LogP contribution in [0.25, 0.3) is 0 Å². The highest BCUT2D eigenvalue weighted by Crippen LogP contribution is 2.42. The zero-order valence-electron chi connectivity index (χ0n) is 15.3. The van der Waals surface area contributed by atoms with Gasteiger partial charge in [0.2, 0.25) is 0 Å². The van der Waals surface area contributed by atoms with E-state index in [0.717, 1.165) is 23.7 Å². The number of rotatable bonds is 4. The van der Waals surface area contributed by atoms with E-state index in [4.69, 9.17) is 0 Å². The molecule has 0 spiro atoms. The van der Waals surface area contributed by atoms with Gasteiger partial charge in [0.05, 0.1) is 0 Å². The Labute approximate surface area is 138 Å². The Bertz CT molecular complexity index is 403. The fourth-order valence-corrected chi connectivity index (χ4v) is 4.56. The first kappa shape index (κ1) is 17.6. The predicted octanol–water partition coefficient (Wildman–Crippen LogP) is 7.09.